The van der Waals surface area contributed by atoms with Crippen LogP contribution in [0.1, 0.15) is 12.7 Å². The summed E-state index contributed by atoms with van der Waals surface area (Å²) >= 11 is 1.42. The van der Waals surface area contributed by atoms with E-state index in [4.69, 9.17) is 0 Å². The molecular formula is C11H17F3N4OS. The number of alkyl halides is 3. The van der Waals surface area contributed by atoms with E-state index in [-0.39, 0.29) is 29.5 Å². The maximum atomic E-state index is 12.7. The number of hydrogen-bond acceptors (Lipinski definition) is 6. The number of hydrogen-bond donors (Lipinski definition) is 3. The van der Waals surface area contributed by atoms with E-state index in [0.717, 1.165) is 0 Å². The maximum Gasteiger partial charge on any atom is 0.451 e. The Balaban J connectivity index is 3.00. The van der Waals surface area contributed by atoms with Gasteiger partial charge in [-0.3, -0.25) is 0 Å². The third kappa shape index (κ3) is 4.41. The first-order chi connectivity index (χ1) is 9.31. The van der Waals surface area contributed by atoms with Crippen molar-refractivity contribution in [3.8, 4) is 0 Å². The van der Waals surface area contributed by atoms with Gasteiger partial charge >= 0.3 is 6.18 Å². The molecule has 0 aliphatic carbocycles. The van der Waals surface area contributed by atoms with Gasteiger partial charge in [-0.25, -0.2) is 9.97 Å². The molecule has 1 aromatic heterocycles. The van der Waals surface area contributed by atoms with Crippen molar-refractivity contribution in [2.45, 2.75) is 24.4 Å². The molecule has 1 heterocycles. The Labute approximate surface area is 119 Å². The summed E-state index contributed by atoms with van der Waals surface area (Å²) in [6.07, 6.45) is -2.79. The average Bonchev–Trinajstić information content (AvgIpc) is 2.38. The molecule has 2 atom stereocenters. The van der Waals surface area contributed by atoms with Crippen molar-refractivity contribution in [3.05, 3.63) is 11.9 Å². The summed E-state index contributed by atoms with van der Waals surface area (Å²) < 4.78 is 38.1. The van der Waals surface area contributed by atoms with Gasteiger partial charge in [-0.05, 0) is 13.2 Å². The molecule has 0 radical (unpaired) electrons. The van der Waals surface area contributed by atoms with Gasteiger partial charge in [-0.1, -0.05) is 0 Å². The van der Waals surface area contributed by atoms with Gasteiger partial charge in [0.15, 0.2) is 0 Å². The Hall–Kier alpha value is -1.22. The van der Waals surface area contributed by atoms with Crippen molar-refractivity contribution in [2.24, 2.45) is 0 Å². The number of aromatic nitrogens is 2. The molecule has 0 spiro atoms. The first kappa shape index (κ1) is 16.8. The lowest BCUT2D eigenvalue weighted by atomic mass is 10.2. The molecule has 0 saturated heterocycles. The Morgan fingerprint density at radius 2 is 1.95 bits per heavy atom. The van der Waals surface area contributed by atoms with Gasteiger partial charge in [0.05, 0.1) is 6.61 Å². The number of halogens is 3. The fourth-order valence-corrected chi connectivity index (χ4v) is 2.16. The molecule has 2 unspecified atom stereocenters. The van der Waals surface area contributed by atoms with E-state index >= 15 is 0 Å². The number of anilines is 2. The first-order valence-corrected chi connectivity index (χ1v) is 7.14. The van der Waals surface area contributed by atoms with Crippen LogP contribution in [0.2, 0.25) is 0 Å². The smallest absolute Gasteiger partial charge is 0.395 e. The van der Waals surface area contributed by atoms with E-state index in [1.165, 1.54) is 24.9 Å². The zero-order valence-corrected chi connectivity index (χ0v) is 12.1. The quantitative estimate of drug-likeness (QED) is 0.747. The van der Waals surface area contributed by atoms with Crippen molar-refractivity contribution < 1.29 is 18.3 Å². The van der Waals surface area contributed by atoms with Gasteiger partial charge in [0, 0.05) is 24.4 Å². The maximum absolute atomic E-state index is 12.7. The van der Waals surface area contributed by atoms with Crippen molar-refractivity contribution >= 4 is 23.4 Å². The molecule has 0 aromatic carbocycles. The third-order valence-electron chi connectivity index (χ3n) is 2.65. The summed E-state index contributed by atoms with van der Waals surface area (Å²) in [7, 11) is 1.48. The molecule has 20 heavy (non-hydrogen) atoms. The van der Waals surface area contributed by atoms with E-state index in [0.29, 0.717) is 0 Å². The Bertz CT molecular complexity index is 440. The normalized spacial score (nSPS) is 14.8. The lowest BCUT2D eigenvalue weighted by Crippen LogP contribution is -2.31. The molecule has 5 nitrogen and oxygen atoms in total. The molecule has 1 rings (SSSR count). The molecule has 0 aliphatic rings. The van der Waals surface area contributed by atoms with Crippen LogP contribution >= 0.6 is 11.8 Å². The van der Waals surface area contributed by atoms with Crippen LogP contribution in [-0.4, -0.2) is 46.3 Å². The Morgan fingerprint density at radius 1 is 1.35 bits per heavy atom. The first-order valence-electron chi connectivity index (χ1n) is 5.86. The number of aliphatic hydroxyl groups is 1. The highest BCUT2D eigenvalue weighted by Crippen LogP contribution is 2.28. The summed E-state index contributed by atoms with van der Waals surface area (Å²) in [6.45, 7) is 1.69. The van der Waals surface area contributed by atoms with E-state index in [1.54, 1.807) is 6.92 Å². The van der Waals surface area contributed by atoms with Crippen LogP contribution in [0, 0.1) is 0 Å². The van der Waals surface area contributed by atoms with Crippen molar-refractivity contribution in [1.29, 1.82) is 0 Å². The number of thioether (sulfide) groups is 1. The van der Waals surface area contributed by atoms with E-state index < -0.39 is 12.0 Å². The minimum Gasteiger partial charge on any atom is -0.395 e. The van der Waals surface area contributed by atoms with Crippen LogP contribution in [0.3, 0.4) is 0 Å². The van der Waals surface area contributed by atoms with Gasteiger partial charge in [0.2, 0.25) is 5.82 Å². The second-order valence-electron chi connectivity index (χ2n) is 4.10. The summed E-state index contributed by atoms with van der Waals surface area (Å²) in [6, 6.07) is 1.15. The van der Waals surface area contributed by atoms with E-state index in [1.807, 2.05) is 6.26 Å². The molecule has 3 N–H and O–H groups in total. The standard InChI is InChI=1S/C11H17F3N4OS/c1-6(7(5-19)20-3)16-9-4-8(15-2)17-10(18-9)11(12,13)14/h4,6-7,19H,5H2,1-3H3,(H2,15,16,17,18). The van der Waals surface area contributed by atoms with Crippen LogP contribution in [0.15, 0.2) is 6.07 Å². The zero-order valence-electron chi connectivity index (χ0n) is 11.3. The molecule has 0 bridgehead atoms. The molecule has 0 saturated carbocycles. The third-order valence-corrected chi connectivity index (χ3v) is 3.81. The van der Waals surface area contributed by atoms with E-state index in [2.05, 4.69) is 20.6 Å². The summed E-state index contributed by atoms with van der Waals surface area (Å²) in [5.41, 5.74) is 0. The fraction of sp³-hybridized carbons (Fsp3) is 0.636. The number of aliphatic hydroxyl groups excluding tert-OH is 1. The van der Waals surface area contributed by atoms with Crippen molar-refractivity contribution in [1.82, 2.24) is 9.97 Å². The Morgan fingerprint density at radius 3 is 2.40 bits per heavy atom. The van der Waals surface area contributed by atoms with Crippen LogP contribution in [0.25, 0.3) is 0 Å². The monoisotopic (exact) mass is 310 g/mol. The SMILES string of the molecule is CNc1cc(NC(C)C(CO)SC)nc(C(F)(F)F)n1. The molecular weight excluding hydrogens is 293 g/mol. The van der Waals surface area contributed by atoms with Gasteiger partial charge in [-0.2, -0.15) is 24.9 Å². The highest BCUT2D eigenvalue weighted by atomic mass is 32.2. The molecule has 1 aromatic rings. The van der Waals surface area contributed by atoms with E-state index in [9.17, 15) is 18.3 Å². The highest BCUT2D eigenvalue weighted by Gasteiger charge is 2.35. The van der Waals surface area contributed by atoms with Gasteiger partial charge < -0.3 is 15.7 Å². The largest absolute Gasteiger partial charge is 0.451 e. The molecule has 0 amide bonds. The molecule has 0 aliphatic heterocycles. The minimum atomic E-state index is -4.61. The van der Waals surface area contributed by atoms with Crippen LogP contribution < -0.4 is 10.6 Å². The lowest BCUT2D eigenvalue weighted by Gasteiger charge is -2.22. The summed E-state index contributed by atoms with van der Waals surface area (Å²) in [5, 5.41) is 14.5. The van der Waals surface area contributed by atoms with Crippen molar-refractivity contribution in [3.63, 3.8) is 0 Å². The zero-order chi connectivity index (χ0) is 15.3. The predicted octanol–water partition coefficient (Wildman–Crippen LogP) is 2.06. The molecule has 114 valence electrons. The van der Waals surface area contributed by atoms with Gasteiger partial charge in [-0.15, -0.1) is 0 Å². The van der Waals surface area contributed by atoms with Crippen molar-refractivity contribution in [2.75, 3.05) is 30.5 Å². The average molecular weight is 310 g/mol. The number of nitrogens with zero attached hydrogens (tertiary/aromatic N) is 2. The predicted molar refractivity (Wildman–Crippen MR) is 74.1 cm³/mol. The summed E-state index contributed by atoms with van der Waals surface area (Å²) in [5.74, 6) is -1.06. The fourth-order valence-electron chi connectivity index (χ4n) is 1.54. The Kier molecular flexibility index (Phi) is 5.88. The molecule has 9 heteroatoms. The number of rotatable bonds is 6. The van der Waals surface area contributed by atoms with Crippen LogP contribution in [0.5, 0.6) is 0 Å². The lowest BCUT2D eigenvalue weighted by molar-refractivity contribution is -0.144. The summed E-state index contributed by atoms with van der Waals surface area (Å²) in [4.78, 5) is 6.84. The molecule has 0 fully saturated rings. The topological polar surface area (TPSA) is 70.1 Å². The van der Waals surface area contributed by atoms with Gasteiger partial charge in [0.1, 0.15) is 11.6 Å². The minimum absolute atomic E-state index is 0.0664. The second kappa shape index (κ2) is 6.98. The van der Waals surface area contributed by atoms with Crippen LogP contribution in [0.4, 0.5) is 24.8 Å². The highest BCUT2D eigenvalue weighted by molar-refractivity contribution is 7.99. The number of nitrogens with one attached hydrogen (secondary N) is 2. The van der Waals surface area contributed by atoms with Crippen LogP contribution in [-0.2, 0) is 6.18 Å². The second-order valence-corrected chi connectivity index (χ2v) is 5.18. The van der Waals surface area contributed by atoms with Gasteiger partial charge in [0.25, 0.3) is 0 Å².